The molecule has 1 aliphatic carbocycles. The van der Waals surface area contributed by atoms with Crippen LogP contribution < -0.4 is 0 Å². The summed E-state index contributed by atoms with van der Waals surface area (Å²) in [6.07, 6.45) is 0.690. The van der Waals surface area contributed by atoms with Crippen LogP contribution in [-0.2, 0) is 6.42 Å². The third-order valence-corrected chi connectivity index (χ3v) is 5.18. The van der Waals surface area contributed by atoms with Crippen LogP contribution in [0.2, 0.25) is 0 Å². The van der Waals surface area contributed by atoms with E-state index in [1.54, 1.807) is 18.2 Å². The number of benzene rings is 1. The summed E-state index contributed by atoms with van der Waals surface area (Å²) in [7, 11) is 0. The minimum absolute atomic E-state index is 0.183. The normalized spacial score (nSPS) is 11.2. The highest BCUT2D eigenvalue weighted by Crippen LogP contribution is 2.54. The zero-order valence-electron chi connectivity index (χ0n) is 12.8. The Morgan fingerprint density at radius 2 is 1.80 bits per heavy atom. The zero-order valence-corrected chi connectivity index (χ0v) is 13.6. The second-order valence-corrected chi connectivity index (χ2v) is 6.32. The van der Waals surface area contributed by atoms with Gasteiger partial charge in [0.05, 0.1) is 21.5 Å². The lowest BCUT2D eigenvalue weighted by atomic mass is 9.98. The first-order valence-corrected chi connectivity index (χ1v) is 7.89. The smallest absolute Gasteiger partial charge is 0.258 e. The topological polar surface area (TPSA) is 134 Å². The molecule has 8 nitrogen and oxygen atoms in total. The number of fused-ring (bicyclic) bond motifs is 3. The SMILES string of the molecule is CCc1cc2c(s1)-c1c(cc([N+](=O)[O-])cc1[N+](=O)[O-])C2=C(C#N)C#N. The Bertz CT molecular complexity index is 1050. The molecule has 2 aromatic rings. The number of nitrogens with zero attached hydrogens (tertiary/aromatic N) is 4. The lowest BCUT2D eigenvalue weighted by Gasteiger charge is -2.04. The van der Waals surface area contributed by atoms with Crippen molar-refractivity contribution < 1.29 is 9.85 Å². The standard InChI is InChI=1S/C16H8N4O4S/c1-2-10-5-12-14(8(6-17)7-18)11-3-9(19(21)22)4-13(20(23)24)15(11)16(12)25-10/h3-5H,2H2,1H3. The maximum absolute atomic E-state index is 11.5. The highest BCUT2D eigenvalue weighted by atomic mass is 32.1. The molecule has 3 rings (SSSR count). The molecule has 0 spiro atoms. The number of allylic oxidation sites excluding steroid dienone is 1. The Hall–Kier alpha value is -3.56. The second kappa shape index (κ2) is 5.82. The summed E-state index contributed by atoms with van der Waals surface area (Å²) in [5.74, 6) is 0. The molecule has 0 unspecified atom stereocenters. The Morgan fingerprint density at radius 1 is 1.12 bits per heavy atom. The summed E-state index contributed by atoms with van der Waals surface area (Å²) in [5, 5.41) is 41.1. The van der Waals surface area contributed by atoms with E-state index in [9.17, 15) is 30.8 Å². The minimum Gasteiger partial charge on any atom is -0.258 e. The van der Waals surface area contributed by atoms with Gasteiger partial charge in [0.1, 0.15) is 17.7 Å². The number of hydrogen-bond donors (Lipinski definition) is 0. The summed E-state index contributed by atoms with van der Waals surface area (Å²) >= 11 is 1.33. The molecule has 0 saturated heterocycles. The monoisotopic (exact) mass is 352 g/mol. The summed E-state index contributed by atoms with van der Waals surface area (Å²) in [5.41, 5.74) is 0.0898. The van der Waals surface area contributed by atoms with Gasteiger partial charge in [-0.25, -0.2) is 0 Å². The van der Waals surface area contributed by atoms with Gasteiger partial charge in [-0.2, -0.15) is 10.5 Å². The van der Waals surface area contributed by atoms with Gasteiger partial charge >= 0.3 is 0 Å². The Labute approximate surface area is 145 Å². The Morgan fingerprint density at radius 3 is 2.32 bits per heavy atom. The third kappa shape index (κ3) is 2.35. The molecule has 25 heavy (non-hydrogen) atoms. The lowest BCUT2D eigenvalue weighted by molar-refractivity contribution is -0.393. The van der Waals surface area contributed by atoms with Crippen molar-refractivity contribution in [3.8, 4) is 22.6 Å². The van der Waals surface area contributed by atoms with Crippen molar-refractivity contribution in [3.05, 3.63) is 60.0 Å². The van der Waals surface area contributed by atoms with Gasteiger partial charge in [-0.1, -0.05) is 6.92 Å². The van der Waals surface area contributed by atoms with Crippen LogP contribution in [0.4, 0.5) is 11.4 Å². The van der Waals surface area contributed by atoms with Crippen LogP contribution in [-0.4, -0.2) is 9.85 Å². The quantitative estimate of drug-likeness (QED) is 0.398. The Kier molecular flexibility index (Phi) is 3.79. The summed E-state index contributed by atoms with van der Waals surface area (Å²) in [6.45, 7) is 1.92. The van der Waals surface area contributed by atoms with Crippen LogP contribution >= 0.6 is 11.3 Å². The molecule has 0 N–H and O–H groups in total. The molecule has 1 heterocycles. The average Bonchev–Trinajstić information content (AvgIpc) is 3.12. The molecule has 0 saturated carbocycles. The summed E-state index contributed by atoms with van der Waals surface area (Å²) in [6, 6.07) is 7.44. The largest absolute Gasteiger partial charge is 0.285 e. The molecular weight excluding hydrogens is 344 g/mol. The number of aryl methyl sites for hydroxylation is 1. The van der Waals surface area contributed by atoms with E-state index in [-0.39, 0.29) is 22.3 Å². The fourth-order valence-corrected chi connectivity index (χ4v) is 4.01. The number of hydrogen-bond acceptors (Lipinski definition) is 7. The first kappa shape index (κ1) is 16.3. The van der Waals surface area contributed by atoms with Crippen molar-refractivity contribution in [1.29, 1.82) is 10.5 Å². The minimum atomic E-state index is -0.729. The van der Waals surface area contributed by atoms with Gasteiger partial charge in [-0.15, -0.1) is 11.3 Å². The average molecular weight is 352 g/mol. The molecule has 1 aromatic heterocycles. The molecule has 0 bridgehead atoms. The van der Waals surface area contributed by atoms with Gasteiger partial charge < -0.3 is 0 Å². The van der Waals surface area contributed by atoms with Gasteiger partial charge in [0.2, 0.25) is 0 Å². The van der Waals surface area contributed by atoms with E-state index in [1.807, 2.05) is 6.92 Å². The molecule has 0 radical (unpaired) electrons. The van der Waals surface area contributed by atoms with E-state index in [4.69, 9.17) is 0 Å². The van der Waals surface area contributed by atoms with Crippen molar-refractivity contribution >= 4 is 28.3 Å². The van der Waals surface area contributed by atoms with Gasteiger partial charge in [0, 0.05) is 32.5 Å². The molecule has 122 valence electrons. The Balaban J connectivity index is 2.51. The van der Waals surface area contributed by atoms with E-state index in [2.05, 4.69) is 0 Å². The van der Waals surface area contributed by atoms with Crippen LogP contribution in [0, 0.1) is 42.9 Å². The van der Waals surface area contributed by atoms with E-state index in [1.165, 1.54) is 17.4 Å². The molecule has 0 aliphatic heterocycles. The van der Waals surface area contributed by atoms with Crippen molar-refractivity contribution in [3.63, 3.8) is 0 Å². The number of nitro benzene ring substituents is 2. The van der Waals surface area contributed by atoms with Gasteiger partial charge in [0.15, 0.2) is 0 Å². The third-order valence-electron chi connectivity index (χ3n) is 3.88. The van der Waals surface area contributed by atoms with Crippen LogP contribution in [0.1, 0.15) is 22.9 Å². The molecule has 1 aromatic carbocycles. The van der Waals surface area contributed by atoms with E-state index >= 15 is 0 Å². The molecule has 1 aliphatic rings. The lowest BCUT2D eigenvalue weighted by Crippen LogP contribution is -1.97. The molecule has 0 amide bonds. The summed E-state index contributed by atoms with van der Waals surface area (Å²) < 4.78 is 0. The van der Waals surface area contributed by atoms with E-state index in [0.29, 0.717) is 16.9 Å². The van der Waals surface area contributed by atoms with Gasteiger partial charge in [-0.3, -0.25) is 20.2 Å². The highest BCUT2D eigenvalue weighted by molar-refractivity contribution is 7.16. The first-order chi connectivity index (χ1) is 11.9. The van der Waals surface area contributed by atoms with Crippen LogP contribution in [0.3, 0.4) is 0 Å². The first-order valence-electron chi connectivity index (χ1n) is 7.08. The number of nitro groups is 2. The predicted molar refractivity (Wildman–Crippen MR) is 89.7 cm³/mol. The van der Waals surface area contributed by atoms with Crippen molar-refractivity contribution in [1.82, 2.24) is 0 Å². The molecule has 9 heteroatoms. The number of rotatable bonds is 3. The van der Waals surface area contributed by atoms with Crippen LogP contribution in [0.25, 0.3) is 16.0 Å². The predicted octanol–water partition coefficient (Wildman–Crippen LogP) is 3.96. The number of nitriles is 2. The van der Waals surface area contributed by atoms with Crippen LogP contribution in [0.5, 0.6) is 0 Å². The maximum Gasteiger partial charge on any atom is 0.285 e. The van der Waals surface area contributed by atoms with Crippen molar-refractivity contribution in [2.45, 2.75) is 13.3 Å². The maximum atomic E-state index is 11.5. The van der Waals surface area contributed by atoms with Gasteiger partial charge in [-0.05, 0) is 12.5 Å². The van der Waals surface area contributed by atoms with Crippen molar-refractivity contribution in [2.75, 3.05) is 0 Å². The van der Waals surface area contributed by atoms with Crippen LogP contribution in [0.15, 0.2) is 23.8 Å². The fourth-order valence-electron chi connectivity index (χ4n) is 2.84. The number of non-ortho nitro benzene ring substituents is 1. The molecule has 0 atom stereocenters. The summed E-state index contributed by atoms with van der Waals surface area (Å²) in [4.78, 5) is 22.7. The highest BCUT2D eigenvalue weighted by Gasteiger charge is 2.37. The zero-order chi connectivity index (χ0) is 18.3. The molecule has 0 fully saturated rings. The molecular formula is C16H8N4O4S. The number of thiophene rings is 1. The van der Waals surface area contributed by atoms with E-state index < -0.39 is 21.2 Å². The van der Waals surface area contributed by atoms with E-state index in [0.717, 1.165) is 10.9 Å². The second-order valence-electron chi connectivity index (χ2n) is 5.18. The van der Waals surface area contributed by atoms with Gasteiger partial charge in [0.25, 0.3) is 11.4 Å². The fraction of sp³-hybridized carbons (Fsp3) is 0.125. The van der Waals surface area contributed by atoms with Crippen molar-refractivity contribution in [2.24, 2.45) is 0 Å².